The first kappa shape index (κ1) is 14.7. The Labute approximate surface area is 139 Å². The quantitative estimate of drug-likeness (QED) is 0.790. The fraction of sp³-hybridized carbons (Fsp3) is 0.857. The molecule has 5 aliphatic carbocycles. The normalized spacial score (nSPS) is 52.4. The third-order valence-electron chi connectivity index (χ3n) is 8.57. The molecule has 4 fully saturated rings. The van der Waals surface area contributed by atoms with Crippen LogP contribution in [0.1, 0.15) is 64.7 Å². The summed E-state index contributed by atoms with van der Waals surface area (Å²) in [5.41, 5.74) is 1.70. The van der Waals surface area contributed by atoms with Crippen molar-refractivity contribution in [3.8, 4) is 0 Å². The van der Waals surface area contributed by atoms with Crippen LogP contribution in [-0.4, -0.2) is 17.0 Å². The maximum Gasteiger partial charge on any atom is 0.155 e. The highest BCUT2D eigenvalue weighted by Crippen LogP contribution is 2.65. The highest BCUT2D eigenvalue weighted by molar-refractivity contribution is 5.91. The Balaban J connectivity index is 1.54. The molecule has 0 aromatic heterocycles. The molecule has 0 saturated heterocycles. The van der Waals surface area contributed by atoms with Gasteiger partial charge in [0.25, 0.3) is 0 Å². The van der Waals surface area contributed by atoms with Crippen molar-refractivity contribution >= 4 is 5.78 Å². The lowest BCUT2D eigenvalue weighted by Gasteiger charge is -2.56. The molecule has 0 aliphatic heterocycles. The second kappa shape index (κ2) is 4.94. The van der Waals surface area contributed by atoms with E-state index in [1.807, 2.05) is 6.08 Å². The molecule has 0 aromatic rings. The Morgan fingerprint density at radius 1 is 1.09 bits per heavy atom. The summed E-state index contributed by atoms with van der Waals surface area (Å²) >= 11 is 0. The highest BCUT2D eigenvalue weighted by atomic mass is 16.3. The molecule has 0 amide bonds. The molecule has 5 aliphatic rings. The number of rotatable bonds is 1. The van der Waals surface area contributed by atoms with Gasteiger partial charge in [-0.15, -0.1) is 0 Å². The lowest BCUT2D eigenvalue weighted by Crippen LogP contribution is -2.51. The zero-order valence-corrected chi connectivity index (χ0v) is 14.3. The monoisotopic (exact) mass is 314 g/mol. The first-order valence-electron chi connectivity index (χ1n) is 9.99. The van der Waals surface area contributed by atoms with Gasteiger partial charge >= 0.3 is 0 Å². The molecule has 0 heterocycles. The summed E-state index contributed by atoms with van der Waals surface area (Å²) in [7, 11) is 0. The second-order valence-corrected chi connectivity index (χ2v) is 9.52. The van der Waals surface area contributed by atoms with Crippen molar-refractivity contribution in [3.05, 3.63) is 11.6 Å². The molecule has 2 nitrogen and oxygen atoms in total. The summed E-state index contributed by atoms with van der Waals surface area (Å²) in [5, 5.41) is 10.6. The summed E-state index contributed by atoms with van der Waals surface area (Å²) in [6.07, 6.45) is 12.6. The van der Waals surface area contributed by atoms with Crippen molar-refractivity contribution in [1.82, 2.24) is 0 Å². The molecule has 126 valence electrons. The Kier molecular flexibility index (Phi) is 3.15. The summed E-state index contributed by atoms with van der Waals surface area (Å²) < 4.78 is 0. The lowest BCUT2D eigenvalue weighted by atomic mass is 9.48. The van der Waals surface area contributed by atoms with E-state index in [1.165, 1.54) is 44.1 Å². The Morgan fingerprint density at radius 2 is 1.91 bits per heavy atom. The second-order valence-electron chi connectivity index (χ2n) is 9.52. The van der Waals surface area contributed by atoms with Crippen LogP contribution in [0.3, 0.4) is 0 Å². The molecule has 0 aromatic carbocycles. The minimum Gasteiger partial charge on any atom is -0.393 e. The molecule has 0 bridgehead atoms. The van der Waals surface area contributed by atoms with Crippen LogP contribution in [0.2, 0.25) is 0 Å². The molecule has 5 rings (SSSR count). The standard InChI is InChI=1S/C21H30O2/c1-21-9-8-16-15-5-4-14(22)10-13(15)11-17(12-2-3-12)20(16)18(21)6-7-19(21)23/h10,12,15-20,23H,2-9,11H2,1H3/t15-,16+,17-,18-,19-,20-,21-/m0/s1. The van der Waals surface area contributed by atoms with Gasteiger partial charge in [-0.3, -0.25) is 4.79 Å². The average molecular weight is 314 g/mol. The van der Waals surface area contributed by atoms with Crippen molar-refractivity contribution in [2.24, 2.45) is 40.9 Å². The molecule has 7 atom stereocenters. The van der Waals surface area contributed by atoms with E-state index >= 15 is 0 Å². The first-order valence-corrected chi connectivity index (χ1v) is 9.99. The number of hydrogen-bond acceptors (Lipinski definition) is 2. The fourth-order valence-electron chi connectivity index (χ4n) is 7.26. The van der Waals surface area contributed by atoms with Crippen LogP contribution in [0.25, 0.3) is 0 Å². The van der Waals surface area contributed by atoms with E-state index in [2.05, 4.69) is 6.92 Å². The van der Waals surface area contributed by atoms with Crippen LogP contribution >= 0.6 is 0 Å². The van der Waals surface area contributed by atoms with Gasteiger partial charge in [0.15, 0.2) is 5.78 Å². The van der Waals surface area contributed by atoms with E-state index in [-0.39, 0.29) is 11.5 Å². The van der Waals surface area contributed by atoms with E-state index in [4.69, 9.17) is 0 Å². The smallest absolute Gasteiger partial charge is 0.155 e. The predicted octanol–water partition coefficient (Wildman–Crippen LogP) is 4.13. The first-order chi connectivity index (χ1) is 11.1. The molecular formula is C21H30O2. The number of hydrogen-bond donors (Lipinski definition) is 1. The van der Waals surface area contributed by atoms with E-state index in [0.717, 1.165) is 48.9 Å². The van der Waals surface area contributed by atoms with Crippen molar-refractivity contribution in [1.29, 1.82) is 0 Å². The average Bonchev–Trinajstić information content (AvgIpc) is 3.32. The number of carbonyl (C=O) groups is 1. The maximum absolute atomic E-state index is 11.9. The summed E-state index contributed by atoms with van der Waals surface area (Å²) in [4.78, 5) is 11.9. The summed E-state index contributed by atoms with van der Waals surface area (Å²) in [5.74, 6) is 5.16. The van der Waals surface area contributed by atoms with E-state index < -0.39 is 0 Å². The van der Waals surface area contributed by atoms with E-state index in [0.29, 0.717) is 11.7 Å². The molecular weight excluding hydrogens is 284 g/mol. The van der Waals surface area contributed by atoms with Gasteiger partial charge in [-0.1, -0.05) is 12.5 Å². The lowest BCUT2D eigenvalue weighted by molar-refractivity contribution is -0.116. The molecule has 4 saturated carbocycles. The zero-order chi connectivity index (χ0) is 15.8. The number of fused-ring (bicyclic) bond motifs is 5. The molecule has 0 unspecified atom stereocenters. The van der Waals surface area contributed by atoms with E-state index in [1.54, 1.807) is 0 Å². The minimum absolute atomic E-state index is 0.0711. The summed E-state index contributed by atoms with van der Waals surface area (Å²) in [6, 6.07) is 0. The third-order valence-corrected chi connectivity index (χ3v) is 8.57. The number of aliphatic hydroxyl groups is 1. The third kappa shape index (κ3) is 2.06. The number of aliphatic hydroxyl groups excluding tert-OH is 1. The number of allylic oxidation sites excluding steroid dienone is 1. The van der Waals surface area contributed by atoms with Crippen molar-refractivity contribution in [2.45, 2.75) is 70.8 Å². The molecule has 0 radical (unpaired) electrons. The molecule has 1 N–H and O–H groups in total. The van der Waals surface area contributed by atoms with Gasteiger partial charge < -0.3 is 5.11 Å². The Hall–Kier alpha value is -0.630. The van der Waals surface area contributed by atoms with Crippen molar-refractivity contribution < 1.29 is 9.90 Å². The zero-order valence-electron chi connectivity index (χ0n) is 14.3. The van der Waals surface area contributed by atoms with Crippen LogP contribution in [0.15, 0.2) is 11.6 Å². The largest absolute Gasteiger partial charge is 0.393 e. The van der Waals surface area contributed by atoms with Gasteiger partial charge in [-0.25, -0.2) is 0 Å². The van der Waals surface area contributed by atoms with Crippen molar-refractivity contribution in [3.63, 3.8) is 0 Å². The highest BCUT2D eigenvalue weighted by Gasteiger charge is 2.59. The van der Waals surface area contributed by atoms with Gasteiger partial charge in [-0.2, -0.15) is 0 Å². The van der Waals surface area contributed by atoms with Crippen LogP contribution < -0.4 is 0 Å². The van der Waals surface area contributed by atoms with Crippen LogP contribution in [0.5, 0.6) is 0 Å². The molecule has 2 heteroatoms. The van der Waals surface area contributed by atoms with Gasteiger partial charge in [0.05, 0.1) is 6.10 Å². The van der Waals surface area contributed by atoms with Gasteiger partial charge in [-0.05, 0) is 98.4 Å². The van der Waals surface area contributed by atoms with Crippen LogP contribution in [-0.2, 0) is 4.79 Å². The predicted molar refractivity (Wildman–Crippen MR) is 89.7 cm³/mol. The number of carbonyl (C=O) groups excluding carboxylic acids is 1. The SMILES string of the molecule is C[C@]12CC[C@H]3[C@@H]([C@H](C4CC4)CC4=CC(=O)CC[C@@H]43)[C@@H]1CC[C@@H]2O. The van der Waals surface area contributed by atoms with E-state index in [9.17, 15) is 9.90 Å². The summed E-state index contributed by atoms with van der Waals surface area (Å²) in [6.45, 7) is 2.38. The molecule has 0 spiro atoms. The minimum atomic E-state index is -0.0711. The van der Waals surface area contributed by atoms with Crippen LogP contribution in [0, 0.1) is 40.9 Å². The van der Waals surface area contributed by atoms with Gasteiger partial charge in [0, 0.05) is 6.42 Å². The van der Waals surface area contributed by atoms with Gasteiger partial charge in [0.2, 0.25) is 0 Å². The van der Waals surface area contributed by atoms with Gasteiger partial charge in [0.1, 0.15) is 0 Å². The number of ketones is 1. The molecule has 23 heavy (non-hydrogen) atoms. The van der Waals surface area contributed by atoms with Crippen molar-refractivity contribution in [2.75, 3.05) is 0 Å². The van der Waals surface area contributed by atoms with Crippen LogP contribution in [0.4, 0.5) is 0 Å². The maximum atomic E-state index is 11.9. The topological polar surface area (TPSA) is 37.3 Å². The fourth-order valence-corrected chi connectivity index (χ4v) is 7.26. The Bertz CT molecular complexity index is 560. The Morgan fingerprint density at radius 3 is 2.70 bits per heavy atom.